The Morgan fingerprint density at radius 2 is 1.87 bits per heavy atom. The molecule has 6 rings (SSSR count). The van der Waals surface area contributed by atoms with Crippen molar-refractivity contribution in [3.63, 3.8) is 0 Å². The molecule has 9 heteroatoms. The van der Waals surface area contributed by atoms with Crippen LogP contribution in [0, 0.1) is 12.7 Å². The number of Topliss-reactive ketones (excluding diaryl/α,β-unsaturated/α-hetero) is 1. The van der Waals surface area contributed by atoms with E-state index >= 15 is 4.39 Å². The largest absolute Gasteiger partial charge is 0.453 e. The lowest BCUT2D eigenvalue weighted by Gasteiger charge is -2.09. The normalized spacial score (nSPS) is 11.3. The third-order valence-electron chi connectivity index (χ3n) is 6.69. The number of nitrogens with zero attached hydrogens (tertiary/aromatic N) is 3. The molecule has 0 unspecified atom stereocenters. The molecule has 0 bridgehead atoms. The van der Waals surface area contributed by atoms with Gasteiger partial charge in [-0.05, 0) is 60.3 Å². The van der Waals surface area contributed by atoms with E-state index in [-0.39, 0.29) is 23.5 Å². The molecule has 0 atom stereocenters. The minimum Gasteiger partial charge on any atom is -0.453 e. The Morgan fingerprint density at radius 1 is 1.05 bits per heavy atom. The number of carbonyl (C=O) groups excluding carboxylic acids is 1. The summed E-state index contributed by atoms with van der Waals surface area (Å²) in [6.07, 6.45) is 1.48. The molecule has 6 aromatic rings. The minimum atomic E-state index is -0.606. The van der Waals surface area contributed by atoms with E-state index in [1.165, 1.54) is 16.8 Å². The van der Waals surface area contributed by atoms with Crippen LogP contribution in [0.25, 0.3) is 27.3 Å². The SMILES string of the molecule is Cc1c(C(=O)Cc2ccc(Oc3ccnc4[nH]c(-c5cccs5)cc34)c(F)c2)c(=O)n(-c2ccccc2)n1C. The zero-order valence-corrected chi connectivity index (χ0v) is 22.0. The predicted molar refractivity (Wildman–Crippen MR) is 150 cm³/mol. The molecular weight excluding hydrogens is 515 g/mol. The number of pyridine rings is 1. The van der Waals surface area contributed by atoms with Crippen LogP contribution in [0.2, 0.25) is 0 Å². The molecule has 194 valence electrons. The molecule has 4 heterocycles. The number of aromatic nitrogens is 4. The third-order valence-corrected chi connectivity index (χ3v) is 7.60. The van der Waals surface area contributed by atoms with Crippen LogP contribution in [-0.4, -0.2) is 25.1 Å². The Balaban J connectivity index is 1.25. The molecule has 0 radical (unpaired) electrons. The monoisotopic (exact) mass is 538 g/mol. The maximum Gasteiger partial charge on any atom is 0.282 e. The van der Waals surface area contributed by atoms with Crippen molar-refractivity contribution in [2.75, 3.05) is 0 Å². The number of thiophene rings is 1. The lowest BCUT2D eigenvalue weighted by molar-refractivity contribution is 0.0991. The van der Waals surface area contributed by atoms with E-state index in [1.807, 2.05) is 41.8 Å². The van der Waals surface area contributed by atoms with Crippen molar-refractivity contribution in [3.05, 3.63) is 117 Å². The number of ether oxygens (including phenoxy) is 1. The molecule has 0 fully saturated rings. The summed E-state index contributed by atoms with van der Waals surface area (Å²) in [6.45, 7) is 1.73. The number of fused-ring (bicyclic) bond motifs is 1. The number of rotatable bonds is 7. The number of ketones is 1. The van der Waals surface area contributed by atoms with E-state index < -0.39 is 11.4 Å². The standard InChI is InChI=1S/C30H23FN4O3S/c1-18-28(30(37)35(34(18)2)20-7-4-3-5-8-20)24(36)16-19-10-11-26(22(31)15-19)38-25-12-13-32-29-21(25)17-23(33-29)27-9-6-14-39-27/h3-15,17H,16H2,1-2H3,(H,32,33). The maximum absolute atomic E-state index is 15.1. The predicted octanol–water partition coefficient (Wildman–Crippen LogP) is 6.45. The van der Waals surface area contributed by atoms with Crippen molar-refractivity contribution >= 4 is 28.2 Å². The first-order valence-electron chi connectivity index (χ1n) is 12.3. The minimum absolute atomic E-state index is 0.0277. The van der Waals surface area contributed by atoms with Gasteiger partial charge in [-0.1, -0.05) is 30.3 Å². The number of carbonyl (C=O) groups is 1. The summed E-state index contributed by atoms with van der Waals surface area (Å²) in [5.74, 6) is -0.492. The molecule has 2 aromatic carbocycles. The van der Waals surface area contributed by atoms with Gasteiger partial charge in [0.05, 0.1) is 21.6 Å². The second-order valence-corrected chi connectivity index (χ2v) is 10.1. The van der Waals surface area contributed by atoms with Crippen LogP contribution in [0.5, 0.6) is 11.5 Å². The van der Waals surface area contributed by atoms with E-state index in [4.69, 9.17) is 4.74 Å². The first-order valence-corrected chi connectivity index (χ1v) is 13.1. The van der Waals surface area contributed by atoms with Crippen LogP contribution in [0.1, 0.15) is 21.6 Å². The smallest absolute Gasteiger partial charge is 0.282 e. The zero-order valence-electron chi connectivity index (χ0n) is 21.1. The van der Waals surface area contributed by atoms with Crippen molar-refractivity contribution in [3.8, 4) is 27.8 Å². The first kappa shape index (κ1) is 24.6. The summed E-state index contributed by atoms with van der Waals surface area (Å²) in [5.41, 5.74) is 2.88. The van der Waals surface area contributed by atoms with E-state index in [0.29, 0.717) is 28.3 Å². The fourth-order valence-corrected chi connectivity index (χ4v) is 5.37. The Bertz CT molecular complexity index is 1890. The number of aromatic amines is 1. The fraction of sp³-hybridized carbons (Fsp3) is 0.100. The van der Waals surface area contributed by atoms with Gasteiger partial charge in [0.25, 0.3) is 5.56 Å². The first-order chi connectivity index (χ1) is 18.9. The second kappa shape index (κ2) is 9.85. The van der Waals surface area contributed by atoms with Gasteiger partial charge >= 0.3 is 0 Å². The van der Waals surface area contributed by atoms with Gasteiger partial charge in [0.15, 0.2) is 17.3 Å². The quantitative estimate of drug-likeness (QED) is 0.237. The highest BCUT2D eigenvalue weighted by Gasteiger charge is 2.23. The van der Waals surface area contributed by atoms with E-state index in [1.54, 1.807) is 60.5 Å². The van der Waals surface area contributed by atoms with Gasteiger partial charge in [-0.2, -0.15) is 0 Å². The average Bonchev–Trinajstić information content (AvgIpc) is 3.65. The molecule has 7 nitrogen and oxygen atoms in total. The van der Waals surface area contributed by atoms with Crippen LogP contribution in [0.3, 0.4) is 0 Å². The molecule has 0 aliphatic carbocycles. The van der Waals surface area contributed by atoms with Crippen molar-refractivity contribution < 1.29 is 13.9 Å². The van der Waals surface area contributed by atoms with Gasteiger partial charge in [-0.15, -0.1) is 11.3 Å². The van der Waals surface area contributed by atoms with Gasteiger partial charge in [-0.25, -0.2) is 14.1 Å². The topological polar surface area (TPSA) is 81.9 Å². The Kier molecular flexibility index (Phi) is 6.20. The van der Waals surface area contributed by atoms with E-state index in [9.17, 15) is 9.59 Å². The molecule has 0 aliphatic rings. The summed E-state index contributed by atoms with van der Waals surface area (Å²) in [4.78, 5) is 35.1. The average molecular weight is 539 g/mol. The van der Waals surface area contributed by atoms with Crippen molar-refractivity contribution in [2.45, 2.75) is 13.3 Å². The highest BCUT2D eigenvalue weighted by atomic mass is 32.1. The summed E-state index contributed by atoms with van der Waals surface area (Å²) in [5, 5.41) is 2.72. The number of nitrogens with one attached hydrogen (secondary N) is 1. The number of hydrogen-bond donors (Lipinski definition) is 1. The molecule has 0 spiro atoms. The summed E-state index contributed by atoms with van der Waals surface area (Å²) in [7, 11) is 1.73. The summed E-state index contributed by atoms with van der Waals surface area (Å²) >= 11 is 1.60. The van der Waals surface area contributed by atoms with Gasteiger partial charge in [0.2, 0.25) is 0 Å². The third kappa shape index (κ3) is 4.46. The number of hydrogen-bond acceptors (Lipinski definition) is 5. The number of H-pyrrole nitrogens is 1. The van der Waals surface area contributed by atoms with Gasteiger partial charge in [0.1, 0.15) is 17.0 Å². The Labute approximate surface area is 226 Å². The lowest BCUT2D eigenvalue weighted by atomic mass is 10.0. The van der Waals surface area contributed by atoms with E-state index in [2.05, 4.69) is 9.97 Å². The summed E-state index contributed by atoms with van der Waals surface area (Å²) in [6, 6.07) is 21.1. The fourth-order valence-electron chi connectivity index (χ4n) is 4.67. The van der Waals surface area contributed by atoms with Crippen molar-refractivity contribution in [1.29, 1.82) is 0 Å². The lowest BCUT2D eigenvalue weighted by Crippen LogP contribution is -2.23. The van der Waals surface area contributed by atoms with Crippen molar-refractivity contribution in [2.24, 2.45) is 7.05 Å². The van der Waals surface area contributed by atoms with Crippen LogP contribution < -0.4 is 10.3 Å². The highest BCUT2D eigenvalue weighted by molar-refractivity contribution is 7.13. The van der Waals surface area contributed by atoms with Gasteiger partial charge < -0.3 is 9.72 Å². The molecular formula is C30H23FN4O3S. The van der Waals surface area contributed by atoms with E-state index in [0.717, 1.165) is 16.0 Å². The summed E-state index contributed by atoms with van der Waals surface area (Å²) < 4.78 is 24.2. The maximum atomic E-state index is 15.1. The van der Waals surface area contributed by atoms with Gasteiger partial charge in [-0.3, -0.25) is 14.3 Å². The van der Waals surface area contributed by atoms with Crippen LogP contribution in [0.4, 0.5) is 4.39 Å². The molecule has 39 heavy (non-hydrogen) atoms. The molecule has 0 saturated heterocycles. The Hall–Kier alpha value is -4.76. The van der Waals surface area contributed by atoms with Crippen LogP contribution >= 0.6 is 11.3 Å². The molecule has 4 aromatic heterocycles. The van der Waals surface area contributed by atoms with Crippen molar-refractivity contribution in [1.82, 2.24) is 19.3 Å². The van der Waals surface area contributed by atoms with Gasteiger partial charge in [0, 0.05) is 25.4 Å². The van der Waals surface area contributed by atoms with Crippen LogP contribution in [0.15, 0.2) is 89.2 Å². The second-order valence-electron chi connectivity index (χ2n) is 9.13. The number of halogens is 1. The molecule has 0 aliphatic heterocycles. The molecule has 0 saturated carbocycles. The molecule has 1 N–H and O–H groups in total. The number of benzene rings is 2. The Morgan fingerprint density at radius 3 is 2.62 bits per heavy atom. The highest BCUT2D eigenvalue weighted by Crippen LogP contribution is 2.34. The van der Waals surface area contributed by atoms with Crippen LogP contribution in [-0.2, 0) is 13.5 Å². The zero-order chi connectivity index (χ0) is 27.1. The molecule has 0 amide bonds. The number of para-hydroxylation sites is 1.